The van der Waals surface area contributed by atoms with E-state index in [1.165, 1.54) is 29.5 Å². The van der Waals surface area contributed by atoms with E-state index < -0.39 is 0 Å². The summed E-state index contributed by atoms with van der Waals surface area (Å²) in [5.41, 5.74) is 4.34. The van der Waals surface area contributed by atoms with Gasteiger partial charge in [0.2, 0.25) is 0 Å². The average molecular weight is 352 g/mol. The Balaban J connectivity index is 1.38. The molecule has 0 unspecified atom stereocenters. The van der Waals surface area contributed by atoms with E-state index in [-0.39, 0.29) is 11.5 Å². The molecule has 3 heteroatoms. The van der Waals surface area contributed by atoms with E-state index in [9.17, 15) is 0 Å². The van der Waals surface area contributed by atoms with E-state index in [1.54, 1.807) is 7.11 Å². The number of ether oxygens (including phenoxy) is 3. The third kappa shape index (κ3) is 3.26. The lowest BCUT2D eigenvalue weighted by Crippen LogP contribution is -2.37. The van der Waals surface area contributed by atoms with Gasteiger partial charge in [-0.2, -0.15) is 0 Å². The van der Waals surface area contributed by atoms with Crippen LogP contribution < -0.4 is 4.74 Å². The first-order chi connectivity index (χ1) is 12.7. The fourth-order valence-corrected chi connectivity index (χ4v) is 4.86. The van der Waals surface area contributed by atoms with Gasteiger partial charge < -0.3 is 14.2 Å². The SMILES string of the molecule is COc1ccc2c(c1)CC[C@]1(C)[C@@H](OCOCc3ccccc3)CC[C@@H]21. The molecule has 2 aliphatic carbocycles. The molecule has 3 atom stereocenters. The molecule has 1 fully saturated rings. The summed E-state index contributed by atoms with van der Waals surface area (Å²) in [6.45, 7) is 3.38. The van der Waals surface area contributed by atoms with Crippen LogP contribution in [0.2, 0.25) is 0 Å². The zero-order valence-corrected chi connectivity index (χ0v) is 15.7. The van der Waals surface area contributed by atoms with E-state index in [0.717, 1.165) is 18.6 Å². The number of benzene rings is 2. The Morgan fingerprint density at radius 1 is 1.08 bits per heavy atom. The summed E-state index contributed by atoms with van der Waals surface area (Å²) in [7, 11) is 1.74. The summed E-state index contributed by atoms with van der Waals surface area (Å²) in [5.74, 6) is 1.55. The van der Waals surface area contributed by atoms with Crippen LogP contribution in [-0.2, 0) is 22.5 Å². The quantitative estimate of drug-likeness (QED) is 0.536. The van der Waals surface area contributed by atoms with Gasteiger partial charge in [-0.25, -0.2) is 0 Å². The Bertz CT molecular complexity index is 742. The van der Waals surface area contributed by atoms with Crippen LogP contribution in [0.25, 0.3) is 0 Å². The first-order valence-electron chi connectivity index (χ1n) is 9.61. The van der Waals surface area contributed by atoms with Crippen molar-refractivity contribution in [2.24, 2.45) is 5.41 Å². The van der Waals surface area contributed by atoms with Crippen LogP contribution >= 0.6 is 0 Å². The summed E-state index contributed by atoms with van der Waals surface area (Å²) >= 11 is 0. The van der Waals surface area contributed by atoms with Gasteiger partial charge in [-0.05, 0) is 60.4 Å². The zero-order chi connectivity index (χ0) is 18.0. The predicted octanol–water partition coefficient (Wildman–Crippen LogP) is 5.08. The third-order valence-corrected chi connectivity index (χ3v) is 6.37. The first kappa shape index (κ1) is 17.6. The normalized spacial score (nSPS) is 27.0. The van der Waals surface area contributed by atoms with Crippen LogP contribution in [0, 0.1) is 5.41 Å². The lowest BCUT2D eigenvalue weighted by Gasteiger charge is -2.41. The van der Waals surface area contributed by atoms with Crippen molar-refractivity contribution in [1.82, 2.24) is 0 Å². The highest BCUT2D eigenvalue weighted by Gasteiger charge is 2.50. The van der Waals surface area contributed by atoms with E-state index in [0.29, 0.717) is 19.3 Å². The van der Waals surface area contributed by atoms with Gasteiger partial charge in [0.05, 0.1) is 19.8 Å². The molecule has 0 heterocycles. The lowest BCUT2D eigenvalue weighted by molar-refractivity contribution is -0.127. The van der Waals surface area contributed by atoms with Crippen molar-refractivity contribution in [2.75, 3.05) is 13.9 Å². The molecule has 2 aromatic carbocycles. The van der Waals surface area contributed by atoms with Crippen LogP contribution in [0.4, 0.5) is 0 Å². The van der Waals surface area contributed by atoms with Crippen LogP contribution in [0.1, 0.15) is 48.8 Å². The Morgan fingerprint density at radius 3 is 2.73 bits per heavy atom. The molecule has 4 rings (SSSR count). The number of methoxy groups -OCH3 is 1. The Kier molecular flexibility index (Phi) is 5.01. The zero-order valence-electron chi connectivity index (χ0n) is 15.7. The van der Waals surface area contributed by atoms with Crippen molar-refractivity contribution in [1.29, 1.82) is 0 Å². The molecule has 2 aromatic rings. The molecule has 0 bridgehead atoms. The first-order valence-corrected chi connectivity index (χ1v) is 9.61. The Morgan fingerprint density at radius 2 is 1.92 bits per heavy atom. The monoisotopic (exact) mass is 352 g/mol. The fourth-order valence-electron chi connectivity index (χ4n) is 4.86. The molecular weight excluding hydrogens is 324 g/mol. The van der Waals surface area contributed by atoms with Gasteiger partial charge in [-0.3, -0.25) is 0 Å². The Labute approximate surface area is 156 Å². The predicted molar refractivity (Wildman–Crippen MR) is 102 cm³/mol. The molecule has 0 radical (unpaired) electrons. The van der Waals surface area contributed by atoms with Crippen LogP contribution in [-0.4, -0.2) is 20.0 Å². The molecule has 138 valence electrons. The second-order valence-corrected chi connectivity index (χ2v) is 7.81. The summed E-state index contributed by atoms with van der Waals surface area (Å²) in [4.78, 5) is 0. The molecule has 1 saturated carbocycles. The molecule has 2 aliphatic rings. The standard InChI is InChI=1S/C23H28O3/c1-23-13-12-18-14-19(24-2)8-9-20(18)21(23)10-11-22(23)26-16-25-15-17-6-4-3-5-7-17/h3-9,14,21-22H,10-13,15-16H2,1-2H3/t21-,22-,23-/m0/s1. The van der Waals surface area contributed by atoms with E-state index in [2.05, 4.69) is 37.3 Å². The molecule has 0 N–H and O–H groups in total. The summed E-state index contributed by atoms with van der Waals surface area (Å²) in [6, 6.07) is 16.8. The number of fused-ring (bicyclic) bond motifs is 3. The summed E-state index contributed by atoms with van der Waals surface area (Å²) < 4.78 is 17.4. The van der Waals surface area contributed by atoms with E-state index >= 15 is 0 Å². The van der Waals surface area contributed by atoms with Crippen molar-refractivity contribution in [3.8, 4) is 5.75 Å². The van der Waals surface area contributed by atoms with Gasteiger partial charge in [0, 0.05) is 5.41 Å². The van der Waals surface area contributed by atoms with Crippen molar-refractivity contribution in [3.05, 3.63) is 65.2 Å². The van der Waals surface area contributed by atoms with Gasteiger partial charge in [-0.1, -0.05) is 43.3 Å². The average Bonchev–Trinajstić information content (AvgIpc) is 3.02. The number of rotatable bonds is 6. The minimum absolute atomic E-state index is 0.206. The van der Waals surface area contributed by atoms with Crippen molar-refractivity contribution in [3.63, 3.8) is 0 Å². The van der Waals surface area contributed by atoms with Gasteiger partial charge in [0.15, 0.2) is 0 Å². The number of hydrogen-bond donors (Lipinski definition) is 0. The summed E-state index contributed by atoms with van der Waals surface area (Å²) in [6.07, 6.45) is 4.85. The van der Waals surface area contributed by atoms with Crippen molar-refractivity contribution in [2.45, 2.75) is 51.2 Å². The maximum absolute atomic E-state index is 6.21. The van der Waals surface area contributed by atoms with Gasteiger partial charge in [0.25, 0.3) is 0 Å². The second kappa shape index (κ2) is 7.42. The molecule has 0 amide bonds. The molecule has 3 nitrogen and oxygen atoms in total. The topological polar surface area (TPSA) is 27.7 Å². The van der Waals surface area contributed by atoms with Gasteiger partial charge in [0.1, 0.15) is 12.5 Å². The minimum atomic E-state index is 0.206. The second-order valence-electron chi connectivity index (χ2n) is 7.81. The minimum Gasteiger partial charge on any atom is -0.497 e. The lowest BCUT2D eigenvalue weighted by atomic mass is 9.66. The highest BCUT2D eigenvalue weighted by atomic mass is 16.7. The molecule has 0 aliphatic heterocycles. The smallest absolute Gasteiger partial charge is 0.147 e. The molecule has 0 spiro atoms. The number of hydrogen-bond acceptors (Lipinski definition) is 3. The van der Waals surface area contributed by atoms with E-state index in [4.69, 9.17) is 14.2 Å². The van der Waals surface area contributed by atoms with Crippen molar-refractivity contribution < 1.29 is 14.2 Å². The molecule has 26 heavy (non-hydrogen) atoms. The largest absolute Gasteiger partial charge is 0.497 e. The number of aryl methyl sites for hydroxylation is 1. The van der Waals surface area contributed by atoms with E-state index in [1.807, 2.05) is 18.2 Å². The maximum Gasteiger partial charge on any atom is 0.147 e. The highest BCUT2D eigenvalue weighted by Crippen LogP contribution is 2.56. The molecule has 0 aromatic heterocycles. The van der Waals surface area contributed by atoms with Gasteiger partial charge >= 0.3 is 0 Å². The van der Waals surface area contributed by atoms with Crippen LogP contribution in [0.3, 0.4) is 0 Å². The van der Waals surface area contributed by atoms with Crippen molar-refractivity contribution >= 4 is 0 Å². The van der Waals surface area contributed by atoms with Gasteiger partial charge in [-0.15, -0.1) is 0 Å². The Hall–Kier alpha value is -1.84. The molecular formula is C23H28O3. The highest BCUT2D eigenvalue weighted by molar-refractivity contribution is 5.42. The fraction of sp³-hybridized carbons (Fsp3) is 0.478. The maximum atomic E-state index is 6.21. The van der Waals surface area contributed by atoms with Crippen LogP contribution in [0.15, 0.2) is 48.5 Å². The van der Waals surface area contributed by atoms with Crippen LogP contribution in [0.5, 0.6) is 5.75 Å². The summed E-state index contributed by atoms with van der Waals surface area (Å²) in [5, 5.41) is 0. The third-order valence-electron chi connectivity index (χ3n) is 6.37. The molecule has 0 saturated heterocycles.